The number of nitrogens with zero attached hydrogens (tertiary/aromatic N) is 3. The summed E-state index contributed by atoms with van der Waals surface area (Å²) < 4.78 is 13.0. The lowest BCUT2D eigenvalue weighted by Crippen LogP contribution is -2.51. The van der Waals surface area contributed by atoms with Crippen molar-refractivity contribution in [1.82, 2.24) is 9.80 Å². The van der Waals surface area contributed by atoms with Crippen molar-refractivity contribution >= 4 is 17.5 Å². The smallest absolute Gasteiger partial charge is 0.240 e. The van der Waals surface area contributed by atoms with Crippen molar-refractivity contribution in [3.05, 3.63) is 66.0 Å². The molecule has 1 aliphatic rings. The highest BCUT2D eigenvalue weighted by Crippen LogP contribution is 2.13. The maximum atomic E-state index is 13.0. The molecule has 1 heterocycles. The highest BCUT2D eigenvalue weighted by atomic mass is 19.1. The van der Waals surface area contributed by atoms with Gasteiger partial charge in [0.2, 0.25) is 11.8 Å². The summed E-state index contributed by atoms with van der Waals surface area (Å²) in [6.07, 6.45) is 0.274. The Labute approximate surface area is 159 Å². The zero-order valence-corrected chi connectivity index (χ0v) is 15.5. The molecule has 2 aromatic rings. The Balaban J connectivity index is 1.46. The fourth-order valence-corrected chi connectivity index (χ4v) is 3.14. The van der Waals surface area contributed by atoms with E-state index in [0.29, 0.717) is 32.7 Å². The van der Waals surface area contributed by atoms with E-state index in [-0.39, 0.29) is 24.1 Å². The van der Waals surface area contributed by atoms with Gasteiger partial charge >= 0.3 is 0 Å². The normalized spacial score (nSPS) is 14.8. The van der Waals surface area contributed by atoms with E-state index in [4.69, 9.17) is 0 Å². The summed E-state index contributed by atoms with van der Waals surface area (Å²) in [4.78, 5) is 30.4. The van der Waals surface area contributed by atoms with Crippen molar-refractivity contribution < 1.29 is 14.0 Å². The zero-order chi connectivity index (χ0) is 19.2. The van der Waals surface area contributed by atoms with Gasteiger partial charge in [0.25, 0.3) is 0 Å². The van der Waals surface area contributed by atoms with Gasteiger partial charge in [0, 0.05) is 38.9 Å². The number of piperazine rings is 1. The van der Waals surface area contributed by atoms with Crippen LogP contribution in [0.25, 0.3) is 0 Å². The van der Waals surface area contributed by atoms with E-state index in [1.165, 1.54) is 12.1 Å². The van der Waals surface area contributed by atoms with Gasteiger partial charge in [-0.25, -0.2) is 4.39 Å². The van der Waals surface area contributed by atoms with Crippen LogP contribution in [-0.4, -0.2) is 61.4 Å². The van der Waals surface area contributed by atoms with Gasteiger partial charge in [0.15, 0.2) is 0 Å². The molecule has 0 N–H and O–H groups in total. The average Bonchev–Trinajstić information content (AvgIpc) is 2.70. The summed E-state index contributed by atoms with van der Waals surface area (Å²) in [5.41, 5.74) is 1.68. The van der Waals surface area contributed by atoms with Crippen LogP contribution in [0.1, 0.15) is 5.56 Å². The van der Waals surface area contributed by atoms with E-state index in [1.807, 2.05) is 35.2 Å². The molecule has 27 heavy (non-hydrogen) atoms. The number of hydrogen-bond donors (Lipinski definition) is 0. The highest BCUT2D eigenvalue weighted by Gasteiger charge is 2.23. The Morgan fingerprint density at radius 2 is 1.59 bits per heavy atom. The van der Waals surface area contributed by atoms with Crippen LogP contribution >= 0.6 is 0 Å². The third-order valence-electron chi connectivity index (χ3n) is 4.87. The molecule has 6 heteroatoms. The van der Waals surface area contributed by atoms with E-state index in [9.17, 15) is 14.0 Å². The number of benzene rings is 2. The number of anilines is 1. The van der Waals surface area contributed by atoms with Crippen LogP contribution in [0.5, 0.6) is 0 Å². The molecule has 1 fully saturated rings. The second-order valence-electron chi connectivity index (χ2n) is 6.75. The van der Waals surface area contributed by atoms with Gasteiger partial charge in [0.1, 0.15) is 5.82 Å². The van der Waals surface area contributed by atoms with Crippen LogP contribution in [0.2, 0.25) is 0 Å². The molecular formula is C21H24FN3O2. The van der Waals surface area contributed by atoms with E-state index in [1.54, 1.807) is 24.1 Å². The van der Waals surface area contributed by atoms with E-state index < -0.39 is 0 Å². The maximum Gasteiger partial charge on any atom is 0.240 e. The third kappa shape index (κ3) is 5.14. The first kappa shape index (κ1) is 19.0. The molecule has 2 aromatic carbocycles. The standard InChI is InChI=1S/C21H24FN3O2/c1-23(19-5-3-2-4-6-19)21(27)16-24-11-13-25(14-12-24)20(26)15-17-7-9-18(22)10-8-17/h2-10H,11-16H2,1H3. The van der Waals surface area contributed by atoms with Gasteiger partial charge in [0.05, 0.1) is 13.0 Å². The fourth-order valence-electron chi connectivity index (χ4n) is 3.14. The number of para-hydroxylation sites is 1. The van der Waals surface area contributed by atoms with E-state index in [2.05, 4.69) is 4.90 Å². The summed E-state index contributed by atoms with van der Waals surface area (Å²) in [7, 11) is 1.78. The minimum atomic E-state index is -0.301. The van der Waals surface area contributed by atoms with Crippen molar-refractivity contribution in [3.63, 3.8) is 0 Å². The highest BCUT2D eigenvalue weighted by molar-refractivity contribution is 5.94. The molecule has 0 spiro atoms. The second kappa shape index (κ2) is 8.77. The number of hydrogen-bond acceptors (Lipinski definition) is 3. The lowest BCUT2D eigenvalue weighted by atomic mass is 10.1. The van der Waals surface area contributed by atoms with Crippen molar-refractivity contribution in [2.75, 3.05) is 44.7 Å². The minimum absolute atomic E-state index is 0.0345. The maximum absolute atomic E-state index is 13.0. The molecule has 0 atom stereocenters. The number of amides is 2. The Morgan fingerprint density at radius 1 is 0.963 bits per heavy atom. The first-order valence-electron chi connectivity index (χ1n) is 9.09. The molecule has 1 aliphatic heterocycles. The zero-order valence-electron chi connectivity index (χ0n) is 15.5. The van der Waals surface area contributed by atoms with Crippen LogP contribution in [0, 0.1) is 5.82 Å². The van der Waals surface area contributed by atoms with Crippen LogP contribution in [0.15, 0.2) is 54.6 Å². The second-order valence-corrected chi connectivity index (χ2v) is 6.75. The average molecular weight is 369 g/mol. The summed E-state index contributed by atoms with van der Waals surface area (Å²) >= 11 is 0. The quantitative estimate of drug-likeness (QED) is 0.811. The molecule has 5 nitrogen and oxygen atoms in total. The van der Waals surface area contributed by atoms with Crippen molar-refractivity contribution in [2.45, 2.75) is 6.42 Å². The molecule has 0 unspecified atom stereocenters. The Bertz CT molecular complexity index is 772. The number of carbonyl (C=O) groups is 2. The first-order valence-corrected chi connectivity index (χ1v) is 9.09. The van der Waals surface area contributed by atoms with E-state index >= 15 is 0 Å². The van der Waals surface area contributed by atoms with E-state index in [0.717, 1.165) is 11.3 Å². The van der Waals surface area contributed by atoms with Crippen LogP contribution in [-0.2, 0) is 16.0 Å². The van der Waals surface area contributed by atoms with Gasteiger partial charge in [-0.15, -0.1) is 0 Å². The van der Waals surface area contributed by atoms with Crippen LogP contribution < -0.4 is 4.90 Å². The number of likely N-dealkylation sites (N-methyl/N-ethyl adjacent to an activating group) is 1. The molecule has 3 rings (SSSR count). The Kier molecular flexibility index (Phi) is 6.19. The number of halogens is 1. The van der Waals surface area contributed by atoms with Gasteiger partial charge in [-0.2, -0.15) is 0 Å². The van der Waals surface area contributed by atoms with Gasteiger partial charge in [-0.3, -0.25) is 14.5 Å². The summed E-state index contributed by atoms with van der Waals surface area (Å²) in [5.74, 6) is -0.230. The predicted octanol–water partition coefficient (Wildman–Crippen LogP) is 2.18. The molecule has 0 saturated carbocycles. The lowest BCUT2D eigenvalue weighted by molar-refractivity contribution is -0.132. The summed E-state index contributed by atoms with van der Waals surface area (Å²) in [5, 5.41) is 0. The largest absolute Gasteiger partial charge is 0.340 e. The Hall–Kier alpha value is -2.73. The number of rotatable bonds is 5. The van der Waals surface area contributed by atoms with Gasteiger partial charge in [-0.05, 0) is 29.8 Å². The van der Waals surface area contributed by atoms with Crippen molar-refractivity contribution in [1.29, 1.82) is 0 Å². The van der Waals surface area contributed by atoms with Crippen molar-refractivity contribution in [2.24, 2.45) is 0 Å². The fraction of sp³-hybridized carbons (Fsp3) is 0.333. The summed E-state index contributed by atoms with van der Waals surface area (Å²) in [6, 6.07) is 15.6. The van der Waals surface area contributed by atoms with Crippen LogP contribution in [0.4, 0.5) is 10.1 Å². The molecule has 0 radical (unpaired) electrons. The van der Waals surface area contributed by atoms with Crippen LogP contribution in [0.3, 0.4) is 0 Å². The predicted molar refractivity (Wildman–Crippen MR) is 103 cm³/mol. The number of carbonyl (C=O) groups excluding carboxylic acids is 2. The lowest BCUT2D eigenvalue weighted by Gasteiger charge is -2.35. The molecule has 0 bridgehead atoms. The monoisotopic (exact) mass is 369 g/mol. The molecule has 2 amide bonds. The first-order chi connectivity index (χ1) is 13.0. The van der Waals surface area contributed by atoms with Crippen molar-refractivity contribution in [3.8, 4) is 0 Å². The molecule has 1 saturated heterocycles. The molecule has 0 aromatic heterocycles. The minimum Gasteiger partial charge on any atom is -0.340 e. The summed E-state index contributed by atoms with van der Waals surface area (Å²) in [6.45, 7) is 2.88. The molecule has 0 aliphatic carbocycles. The Morgan fingerprint density at radius 3 is 2.22 bits per heavy atom. The molecule has 142 valence electrons. The third-order valence-corrected chi connectivity index (χ3v) is 4.87. The SMILES string of the molecule is CN(C(=O)CN1CCN(C(=O)Cc2ccc(F)cc2)CC1)c1ccccc1. The molecular weight excluding hydrogens is 345 g/mol. The van der Waals surface area contributed by atoms with Gasteiger partial charge < -0.3 is 9.80 Å². The topological polar surface area (TPSA) is 43.9 Å². The van der Waals surface area contributed by atoms with Gasteiger partial charge in [-0.1, -0.05) is 30.3 Å².